The zero-order valence-electron chi connectivity index (χ0n) is 13.8. The predicted molar refractivity (Wildman–Crippen MR) is 90.9 cm³/mol. The molecule has 0 bridgehead atoms. The van der Waals surface area contributed by atoms with Crippen LogP contribution < -0.4 is 18.9 Å². The minimum absolute atomic E-state index is 0.0327. The van der Waals surface area contributed by atoms with Gasteiger partial charge in [-0.15, -0.1) is 0 Å². The largest absolute Gasteiger partial charge is 0.497 e. The van der Waals surface area contributed by atoms with Crippen LogP contribution in [0.2, 0.25) is 0 Å². The molecule has 2 aromatic carbocycles. The Bertz CT molecular complexity index is 1010. The van der Waals surface area contributed by atoms with Gasteiger partial charge in [-0.25, -0.2) is 8.42 Å². The summed E-state index contributed by atoms with van der Waals surface area (Å²) in [6, 6.07) is 9.47. The first kappa shape index (κ1) is 16.9. The van der Waals surface area contributed by atoms with Crippen LogP contribution in [0.15, 0.2) is 45.8 Å². The van der Waals surface area contributed by atoms with E-state index in [0.29, 0.717) is 22.5 Å². The van der Waals surface area contributed by atoms with Crippen molar-refractivity contribution < 1.29 is 27.2 Å². The van der Waals surface area contributed by atoms with E-state index in [2.05, 4.69) is 9.88 Å². The summed E-state index contributed by atoms with van der Waals surface area (Å²) in [6.07, 6.45) is 0. The number of hydrogen-bond donors (Lipinski definition) is 1. The van der Waals surface area contributed by atoms with Crippen LogP contribution in [0.4, 0.5) is 5.82 Å². The third-order valence-electron chi connectivity index (χ3n) is 3.57. The maximum atomic E-state index is 12.8. The molecule has 0 aliphatic rings. The fraction of sp³-hybridized carbons (Fsp3) is 0.188. The van der Waals surface area contributed by atoms with Crippen LogP contribution in [0, 0.1) is 0 Å². The molecule has 132 valence electrons. The van der Waals surface area contributed by atoms with E-state index in [1.54, 1.807) is 18.2 Å². The molecular formula is C16H16N2O6S. The van der Waals surface area contributed by atoms with Crippen molar-refractivity contribution in [2.24, 2.45) is 0 Å². The Morgan fingerprint density at radius 1 is 1.00 bits per heavy atom. The molecular weight excluding hydrogens is 348 g/mol. The molecule has 3 aromatic rings. The van der Waals surface area contributed by atoms with E-state index in [-0.39, 0.29) is 16.5 Å². The highest BCUT2D eigenvalue weighted by Crippen LogP contribution is 2.35. The first-order chi connectivity index (χ1) is 12.0. The number of hydrogen-bond acceptors (Lipinski definition) is 7. The zero-order valence-corrected chi connectivity index (χ0v) is 14.6. The highest BCUT2D eigenvalue weighted by atomic mass is 32.2. The third-order valence-corrected chi connectivity index (χ3v) is 4.95. The maximum Gasteiger partial charge on any atom is 0.266 e. The number of aromatic nitrogens is 1. The lowest BCUT2D eigenvalue weighted by Crippen LogP contribution is -2.14. The van der Waals surface area contributed by atoms with E-state index in [1.165, 1.54) is 39.5 Å². The second-order valence-corrected chi connectivity index (χ2v) is 6.64. The van der Waals surface area contributed by atoms with Crippen LogP contribution in [-0.4, -0.2) is 34.9 Å². The lowest BCUT2D eigenvalue weighted by Gasteiger charge is -2.11. The van der Waals surface area contributed by atoms with Gasteiger partial charge in [0.2, 0.25) is 0 Å². The number of methoxy groups -OCH3 is 3. The summed E-state index contributed by atoms with van der Waals surface area (Å²) in [5.74, 6) is 1.10. The minimum Gasteiger partial charge on any atom is -0.497 e. The summed E-state index contributed by atoms with van der Waals surface area (Å²) in [7, 11) is 0.361. The van der Waals surface area contributed by atoms with Crippen molar-refractivity contribution >= 4 is 26.8 Å². The maximum absolute atomic E-state index is 12.8. The summed E-state index contributed by atoms with van der Waals surface area (Å²) in [5.41, 5.74) is 0.402. The van der Waals surface area contributed by atoms with Gasteiger partial charge in [0.15, 0.2) is 11.4 Å². The van der Waals surface area contributed by atoms with Gasteiger partial charge in [-0.2, -0.15) is 0 Å². The number of fused-ring (bicyclic) bond motifs is 1. The number of sulfonamides is 1. The van der Waals surface area contributed by atoms with Crippen molar-refractivity contribution in [3.8, 4) is 17.2 Å². The zero-order chi connectivity index (χ0) is 18.0. The van der Waals surface area contributed by atoms with Crippen molar-refractivity contribution in [1.82, 2.24) is 5.16 Å². The number of anilines is 1. The Kier molecular flexibility index (Phi) is 4.41. The second kappa shape index (κ2) is 6.52. The number of ether oxygens (including phenoxy) is 3. The molecule has 0 radical (unpaired) electrons. The smallest absolute Gasteiger partial charge is 0.266 e. The van der Waals surface area contributed by atoms with Gasteiger partial charge in [0, 0.05) is 6.07 Å². The predicted octanol–water partition coefficient (Wildman–Crippen LogP) is 2.65. The summed E-state index contributed by atoms with van der Waals surface area (Å²) < 4.78 is 48.6. The van der Waals surface area contributed by atoms with E-state index in [0.717, 1.165) is 0 Å². The third kappa shape index (κ3) is 3.05. The molecule has 1 heterocycles. The van der Waals surface area contributed by atoms with E-state index in [4.69, 9.17) is 18.7 Å². The molecule has 0 amide bonds. The monoisotopic (exact) mass is 364 g/mol. The van der Waals surface area contributed by atoms with Gasteiger partial charge in [-0.1, -0.05) is 11.2 Å². The fourth-order valence-electron chi connectivity index (χ4n) is 2.38. The lowest BCUT2D eigenvalue weighted by atomic mass is 10.2. The molecule has 8 nitrogen and oxygen atoms in total. The van der Waals surface area contributed by atoms with Crippen LogP contribution in [0.5, 0.6) is 17.2 Å². The molecule has 0 unspecified atom stereocenters. The van der Waals surface area contributed by atoms with Crippen LogP contribution >= 0.6 is 0 Å². The average Bonchev–Trinajstić information content (AvgIpc) is 3.03. The molecule has 0 atom stereocenters. The Morgan fingerprint density at radius 2 is 1.76 bits per heavy atom. The summed E-state index contributed by atoms with van der Waals surface area (Å²) in [6.45, 7) is 0. The molecule has 0 saturated heterocycles. The van der Waals surface area contributed by atoms with Crippen molar-refractivity contribution in [2.45, 2.75) is 4.90 Å². The van der Waals surface area contributed by atoms with Crippen molar-refractivity contribution in [2.75, 3.05) is 26.1 Å². The second-order valence-electron chi connectivity index (χ2n) is 4.99. The van der Waals surface area contributed by atoms with Gasteiger partial charge in [0.25, 0.3) is 10.0 Å². The average molecular weight is 364 g/mol. The van der Waals surface area contributed by atoms with E-state index in [1.807, 2.05) is 0 Å². The van der Waals surface area contributed by atoms with Crippen molar-refractivity contribution in [3.63, 3.8) is 0 Å². The Balaban J connectivity index is 2.06. The molecule has 0 aliphatic carbocycles. The van der Waals surface area contributed by atoms with Gasteiger partial charge in [0.1, 0.15) is 27.5 Å². The first-order valence-corrected chi connectivity index (χ1v) is 8.65. The molecule has 0 saturated carbocycles. The van der Waals surface area contributed by atoms with Crippen molar-refractivity contribution in [3.05, 3.63) is 36.4 Å². The van der Waals surface area contributed by atoms with Gasteiger partial charge in [-0.05, 0) is 24.3 Å². The summed E-state index contributed by atoms with van der Waals surface area (Å²) in [5, 5.41) is 4.22. The van der Waals surface area contributed by atoms with E-state index < -0.39 is 10.0 Å². The Morgan fingerprint density at radius 3 is 2.44 bits per heavy atom. The minimum atomic E-state index is -3.98. The lowest BCUT2D eigenvalue weighted by molar-refractivity contribution is 0.386. The van der Waals surface area contributed by atoms with Crippen LogP contribution in [0.25, 0.3) is 11.0 Å². The van der Waals surface area contributed by atoms with Crippen LogP contribution in [0.3, 0.4) is 0 Å². The highest BCUT2D eigenvalue weighted by molar-refractivity contribution is 7.92. The molecule has 9 heteroatoms. The summed E-state index contributed by atoms with van der Waals surface area (Å²) >= 11 is 0. The molecule has 0 fully saturated rings. The van der Waals surface area contributed by atoms with Crippen molar-refractivity contribution in [1.29, 1.82) is 0 Å². The molecule has 25 heavy (non-hydrogen) atoms. The topological polar surface area (TPSA) is 99.9 Å². The van der Waals surface area contributed by atoms with Gasteiger partial charge in [0.05, 0.1) is 21.3 Å². The molecule has 1 N–H and O–H groups in total. The number of benzene rings is 2. The van der Waals surface area contributed by atoms with Crippen LogP contribution in [-0.2, 0) is 10.0 Å². The fourth-order valence-corrected chi connectivity index (χ4v) is 3.54. The molecule has 1 aromatic heterocycles. The Hall–Kier alpha value is -2.94. The Labute approximate surface area is 144 Å². The van der Waals surface area contributed by atoms with E-state index >= 15 is 0 Å². The molecule has 0 aliphatic heterocycles. The van der Waals surface area contributed by atoms with E-state index in [9.17, 15) is 8.42 Å². The number of nitrogens with zero attached hydrogens (tertiary/aromatic N) is 1. The van der Waals surface area contributed by atoms with Gasteiger partial charge < -0.3 is 18.7 Å². The number of rotatable bonds is 6. The normalized spacial score (nSPS) is 11.3. The van der Waals surface area contributed by atoms with Gasteiger partial charge in [-0.3, -0.25) is 4.72 Å². The highest BCUT2D eigenvalue weighted by Gasteiger charge is 2.24. The molecule has 3 rings (SSSR count). The molecule has 0 spiro atoms. The van der Waals surface area contributed by atoms with Crippen LogP contribution in [0.1, 0.15) is 0 Å². The quantitative estimate of drug-likeness (QED) is 0.718. The summed E-state index contributed by atoms with van der Waals surface area (Å²) in [4.78, 5) is -0.0538. The van der Waals surface area contributed by atoms with Gasteiger partial charge >= 0.3 is 0 Å². The standard InChI is InChI=1S/C16H16N2O6S/c1-21-10-7-8-14(13(9-10)23-3)25(19,20)18-16-15-11(22-2)5-4-6-12(15)24-17-16/h4-9H,1-3H3,(H,17,18). The first-order valence-electron chi connectivity index (χ1n) is 7.17. The number of nitrogens with one attached hydrogen (secondary N) is 1. The SMILES string of the molecule is COc1ccc(S(=O)(=O)Nc2noc3cccc(OC)c23)c(OC)c1.